The molecule has 4 heteroatoms. The Morgan fingerprint density at radius 2 is 1.94 bits per heavy atom. The molecule has 0 saturated carbocycles. The van der Waals surface area contributed by atoms with Crippen LogP contribution in [-0.2, 0) is 0 Å². The molecule has 16 heavy (non-hydrogen) atoms. The highest BCUT2D eigenvalue weighted by molar-refractivity contribution is 6.29. The van der Waals surface area contributed by atoms with Crippen LogP contribution < -0.4 is 0 Å². The Balaban J connectivity index is 2.34. The molecule has 0 unspecified atom stereocenters. The van der Waals surface area contributed by atoms with E-state index in [1.165, 1.54) is 0 Å². The van der Waals surface area contributed by atoms with Crippen LogP contribution in [0.3, 0.4) is 0 Å². The third kappa shape index (κ3) is 1.46. The monoisotopic (exact) mass is 229 g/mol. The second kappa shape index (κ2) is 3.61. The minimum atomic E-state index is 0.456. The van der Waals surface area contributed by atoms with Crippen LogP contribution >= 0.6 is 11.6 Å². The molecule has 1 aromatic carbocycles. The molecule has 0 aliphatic rings. The second-order valence-electron chi connectivity index (χ2n) is 3.43. The summed E-state index contributed by atoms with van der Waals surface area (Å²) in [4.78, 5) is 8.27. The van der Waals surface area contributed by atoms with Crippen molar-refractivity contribution in [3.63, 3.8) is 0 Å². The molecular weight excluding hydrogens is 222 g/mol. The molecule has 0 atom stereocenters. The summed E-state index contributed by atoms with van der Waals surface area (Å²) in [5.74, 6) is 0.617. The fourth-order valence-electron chi connectivity index (χ4n) is 1.71. The predicted molar refractivity (Wildman–Crippen MR) is 63.4 cm³/mol. The van der Waals surface area contributed by atoms with Gasteiger partial charge in [-0.1, -0.05) is 41.9 Å². The second-order valence-corrected chi connectivity index (χ2v) is 3.81. The number of halogens is 1. The first-order valence-electron chi connectivity index (χ1n) is 4.89. The van der Waals surface area contributed by atoms with Crippen molar-refractivity contribution in [3.05, 3.63) is 53.9 Å². The molecule has 0 aliphatic carbocycles. The van der Waals surface area contributed by atoms with E-state index in [2.05, 4.69) is 9.97 Å². The first-order chi connectivity index (χ1) is 7.84. The van der Waals surface area contributed by atoms with Gasteiger partial charge in [-0.3, -0.25) is 4.40 Å². The van der Waals surface area contributed by atoms with Crippen molar-refractivity contribution in [3.8, 4) is 11.3 Å². The van der Waals surface area contributed by atoms with Crippen LogP contribution in [0.2, 0.25) is 5.15 Å². The normalized spacial score (nSPS) is 10.8. The Hall–Kier alpha value is -1.87. The van der Waals surface area contributed by atoms with Gasteiger partial charge in [-0.15, -0.1) is 0 Å². The van der Waals surface area contributed by atoms with Crippen molar-refractivity contribution in [2.45, 2.75) is 0 Å². The van der Waals surface area contributed by atoms with Crippen LogP contribution in [0.4, 0.5) is 0 Å². The first kappa shape index (κ1) is 9.36. The molecule has 2 heterocycles. The van der Waals surface area contributed by atoms with Gasteiger partial charge in [-0.25, -0.2) is 9.97 Å². The number of fused-ring (bicyclic) bond motifs is 1. The topological polar surface area (TPSA) is 30.2 Å². The lowest BCUT2D eigenvalue weighted by Gasteiger charge is -2.05. The standard InChI is InChI=1S/C12H8ClN3/c13-11-8-10(9-4-2-1-3-5-9)16-7-6-14-12(16)15-11/h1-8H. The zero-order chi connectivity index (χ0) is 11.0. The molecular formula is C12H8ClN3. The molecule has 3 rings (SSSR count). The third-order valence-corrected chi connectivity index (χ3v) is 2.61. The molecule has 78 valence electrons. The Kier molecular flexibility index (Phi) is 2.11. The number of nitrogens with zero attached hydrogens (tertiary/aromatic N) is 3. The zero-order valence-corrected chi connectivity index (χ0v) is 9.09. The van der Waals surface area contributed by atoms with Gasteiger partial charge in [-0.05, 0) is 5.56 Å². The van der Waals surface area contributed by atoms with E-state index >= 15 is 0 Å². The molecule has 0 fully saturated rings. The van der Waals surface area contributed by atoms with Gasteiger partial charge >= 0.3 is 0 Å². The largest absolute Gasteiger partial charge is 0.284 e. The van der Waals surface area contributed by atoms with E-state index in [4.69, 9.17) is 11.6 Å². The lowest BCUT2D eigenvalue weighted by molar-refractivity contribution is 1.12. The van der Waals surface area contributed by atoms with E-state index in [-0.39, 0.29) is 0 Å². The molecule has 3 aromatic rings. The summed E-state index contributed by atoms with van der Waals surface area (Å²) in [5.41, 5.74) is 2.09. The summed E-state index contributed by atoms with van der Waals surface area (Å²) in [6.45, 7) is 0. The Bertz CT molecular complexity index is 631. The van der Waals surface area contributed by atoms with Gasteiger partial charge in [0.2, 0.25) is 5.78 Å². The van der Waals surface area contributed by atoms with E-state index in [0.29, 0.717) is 10.9 Å². The molecule has 0 aliphatic heterocycles. The molecule has 0 bridgehead atoms. The SMILES string of the molecule is Clc1cc(-c2ccccc2)n2ccnc2n1. The summed E-state index contributed by atoms with van der Waals surface area (Å²) < 4.78 is 1.92. The van der Waals surface area contributed by atoms with Crippen LogP contribution in [0.25, 0.3) is 17.0 Å². The van der Waals surface area contributed by atoms with Crippen LogP contribution in [0, 0.1) is 0 Å². The highest BCUT2D eigenvalue weighted by atomic mass is 35.5. The van der Waals surface area contributed by atoms with E-state index < -0.39 is 0 Å². The number of rotatable bonds is 1. The maximum absolute atomic E-state index is 5.97. The first-order valence-corrected chi connectivity index (χ1v) is 5.27. The van der Waals surface area contributed by atoms with Crippen LogP contribution in [0.5, 0.6) is 0 Å². The molecule has 0 N–H and O–H groups in total. The van der Waals surface area contributed by atoms with Gasteiger partial charge in [0.05, 0.1) is 5.69 Å². The summed E-state index contributed by atoms with van der Waals surface area (Å²) in [6, 6.07) is 11.9. The number of aromatic nitrogens is 3. The van der Waals surface area contributed by atoms with Gasteiger partial charge in [0.25, 0.3) is 0 Å². The molecule has 0 amide bonds. The van der Waals surface area contributed by atoms with E-state index in [9.17, 15) is 0 Å². The molecule has 0 saturated heterocycles. The minimum absolute atomic E-state index is 0.456. The van der Waals surface area contributed by atoms with Crippen molar-refractivity contribution >= 4 is 17.4 Å². The van der Waals surface area contributed by atoms with Crippen LogP contribution in [0.1, 0.15) is 0 Å². The number of hydrogen-bond acceptors (Lipinski definition) is 2. The summed E-state index contributed by atoms with van der Waals surface area (Å²) in [5, 5.41) is 0.456. The quantitative estimate of drug-likeness (QED) is 0.601. The Morgan fingerprint density at radius 3 is 2.75 bits per heavy atom. The van der Waals surface area contributed by atoms with E-state index in [1.807, 2.05) is 47.0 Å². The van der Waals surface area contributed by atoms with Crippen molar-refractivity contribution in [1.82, 2.24) is 14.4 Å². The van der Waals surface area contributed by atoms with Gasteiger partial charge in [0, 0.05) is 18.5 Å². The lowest BCUT2D eigenvalue weighted by Crippen LogP contribution is -1.93. The lowest BCUT2D eigenvalue weighted by atomic mass is 10.1. The smallest absolute Gasteiger partial charge is 0.235 e. The third-order valence-electron chi connectivity index (χ3n) is 2.41. The number of hydrogen-bond donors (Lipinski definition) is 0. The van der Waals surface area contributed by atoms with Crippen molar-refractivity contribution < 1.29 is 0 Å². The summed E-state index contributed by atoms with van der Waals surface area (Å²) in [7, 11) is 0. The summed E-state index contributed by atoms with van der Waals surface area (Å²) >= 11 is 5.97. The number of imidazole rings is 1. The molecule has 3 nitrogen and oxygen atoms in total. The van der Waals surface area contributed by atoms with E-state index in [1.54, 1.807) is 6.20 Å². The average Bonchev–Trinajstić information content (AvgIpc) is 2.77. The van der Waals surface area contributed by atoms with Crippen molar-refractivity contribution in [2.24, 2.45) is 0 Å². The minimum Gasteiger partial charge on any atom is -0.284 e. The van der Waals surface area contributed by atoms with E-state index in [0.717, 1.165) is 11.3 Å². The average molecular weight is 230 g/mol. The van der Waals surface area contributed by atoms with Gasteiger partial charge < -0.3 is 0 Å². The Labute approximate surface area is 97.3 Å². The van der Waals surface area contributed by atoms with Crippen molar-refractivity contribution in [2.75, 3.05) is 0 Å². The van der Waals surface area contributed by atoms with Crippen LogP contribution in [-0.4, -0.2) is 14.4 Å². The van der Waals surface area contributed by atoms with Crippen LogP contribution in [0.15, 0.2) is 48.8 Å². The van der Waals surface area contributed by atoms with Gasteiger partial charge in [-0.2, -0.15) is 0 Å². The maximum Gasteiger partial charge on any atom is 0.235 e. The van der Waals surface area contributed by atoms with Gasteiger partial charge in [0.15, 0.2) is 0 Å². The number of benzene rings is 1. The molecule has 2 aromatic heterocycles. The highest BCUT2D eigenvalue weighted by Crippen LogP contribution is 2.22. The molecule has 0 radical (unpaired) electrons. The predicted octanol–water partition coefficient (Wildman–Crippen LogP) is 3.05. The van der Waals surface area contributed by atoms with Gasteiger partial charge in [0.1, 0.15) is 5.15 Å². The highest BCUT2D eigenvalue weighted by Gasteiger charge is 2.06. The molecule has 0 spiro atoms. The Morgan fingerprint density at radius 1 is 1.12 bits per heavy atom. The fraction of sp³-hybridized carbons (Fsp3) is 0. The fourth-order valence-corrected chi connectivity index (χ4v) is 1.89. The summed E-state index contributed by atoms with van der Waals surface area (Å²) in [6.07, 6.45) is 3.59. The zero-order valence-electron chi connectivity index (χ0n) is 8.34. The van der Waals surface area contributed by atoms with Crippen molar-refractivity contribution in [1.29, 1.82) is 0 Å². The maximum atomic E-state index is 5.97.